The van der Waals surface area contributed by atoms with E-state index in [1.165, 1.54) is 12.3 Å². The summed E-state index contributed by atoms with van der Waals surface area (Å²) in [4.78, 5) is 23.0. The number of carbonyl (C=O) groups excluding carboxylic acids is 1. The number of aromatic nitrogens is 1. The zero-order valence-electron chi connectivity index (χ0n) is 13.6. The minimum Gasteiger partial charge on any atom is -0.368 e. The maximum absolute atomic E-state index is 12.9. The highest BCUT2D eigenvalue weighted by atomic mass is 19.1. The van der Waals surface area contributed by atoms with Gasteiger partial charge in [0.25, 0.3) is 5.91 Å². The lowest BCUT2D eigenvalue weighted by molar-refractivity contribution is -0.111. The van der Waals surface area contributed by atoms with Crippen molar-refractivity contribution in [2.45, 2.75) is 37.8 Å². The van der Waals surface area contributed by atoms with E-state index in [2.05, 4.69) is 20.3 Å². The molecular formula is C15H21FN8O. The number of nitrogens with one attached hydrogen (secondary N) is 2. The lowest BCUT2D eigenvalue weighted by atomic mass is 9.91. The molecule has 1 saturated carbocycles. The summed E-state index contributed by atoms with van der Waals surface area (Å²) in [6, 6.07) is 2.23. The highest BCUT2D eigenvalue weighted by Crippen LogP contribution is 2.19. The summed E-state index contributed by atoms with van der Waals surface area (Å²) < 4.78 is 12.9. The van der Waals surface area contributed by atoms with Gasteiger partial charge in [0.05, 0.1) is 17.9 Å². The molecule has 1 aromatic rings. The van der Waals surface area contributed by atoms with E-state index >= 15 is 0 Å². The van der Waals surface area contributed by atoms with Gasteiger partial charge in [-0.3, -0.25) is 10.2 Å². The van der Waals surface area contributed by atoms with E-state index in [9.17, 15) is 9.18 Å². The lowest BCUT2D eigenvalue weighted by Gasteiger charge is -2.25. The van der Waals surface area contributed by atoms with Crippen LogP contribution in [0.3, 0.4) is 0 Å². The van der Waals surface area contributed by atoms with Gasteiger partial charge >= 0.3 is 0 Å². The minimum atomic E-state index is -0.997. The topological polar surface area (TPSA) is 169 Å². The first kappa shape index (κ1) is 18.5. The van der Waals surface area contributed by atoms with E-state index in [1.54, 1.807) is 0 Å². The molecule has 2 atom stereocenters. The van der Waals surface area contributed by atoms with Crippen molar-refractivity contribution >= 4 is 29.1 Å². The monoisotopic (exact) mass is 348 g/mol. The molecule has 0 bridgehead atoms. The summed E-state index contributed by atoms with van der Waals surface area (Å²) in [5.74, 6) is -1.98. The third kappa shape index (κ3) is 5.31. The number of halogens is 1. The van der Waals surface area contributed by atoms with E-state index in [0.29, 0.717) is 5.69 Å². The standard InChI is InChI=1S/C15H21FN8O/c16-11-6-5-8(7-21-11)22-14(12(18)13(19)25)24-15(20)23-10-4-2-1-3-9(10)17/h5-7,9-10,18H,1-4,17H2,(H2,19,25)(H3,20,22,23,24)/t9-,10+/m0/s1. The molecule has 0 spiro atoms. The van der Waals surface area contributed by atoms with Gasteiger partial charge in [0.1, 0.15) is 0 Å². The van der Waals surface area contributed by atoms with Crippen molar-refractivity contribution in [3.8, 4) is 0 Å². The van der Waals surface area contributed by atoms with Crippen molar-refractivity contribution in [1.82, 2.24) is 4.98 Å². The molecule has 134 valence electrons. The Hall–Kier alpha value is -2.88. The molecule has 10 heteroatoms. The maximum atomic E-state index is 12.9. The zero-order chi connectivity index (χ0) is 18.4. The van der Waals surface area contributed by atoms with Gasteiger partial charge in [-0.15, -0.1) is 0 Å². The van der Waals surface area contributed by atoms with Gasteiger partial charge in [-0.05, 0) is 25.0 Å². The molecule has 0 unspecified atom stereocenters. The molecule has 0 saturated heterocycles. The largest absolute Gasteiger partial charge is 0.368 e. The first-order chi connectivity index (χ1) is 11.9. The Morgan fingerprint density at radius 3 is 2.64 bits per heavy atom. The lowest BCUT2D eigenvalue weighted by Crippen LogP contribution is -2.38. The molecule has 25 heavy (non-hydrogen) atoms. The van der Waals surface area contributed by atoms with Crippen LogP contribution in [-0.4, -0.2) is 40.5 Å². The van der Waals surface area contributed by atoms with Crippen molar-refractivity contribution in [3.63, 3.8) is 0 Å². The average Bonchev–Trinajstić information content (AvgIpc) is 2.57. The van der Waals surface area contributed by atoms with Crippen molar-refractivity contribution in [1.29, 1.82) is 5.41 Å². The highest BCUT2D eigenvalue weighted by Gasteiger charge is 2.21. The number of amides is 1. The second kappa shape index (κ2) is 8.29. The number of nitrogens with two attached hydrogens (primary N) is 3. The number of hydrogen-bond donors (Lipinski definition) is 5. The van der Waals surface area contributed by atoms with E-state index in [-0.39, 0.29) is 23.9 Å². The predicted octanol–water partition coefficient (Wildman–Crippen LogP) is 0.121. The van der Waals surface area contributed by atoms with Gasteiger partial charge in [-0.2, -0.15) is 9.38 Å². The first-order valence-corrected chi connectivity index (χ1v) is 7.81. The zero-order valence-corrected chi connectivity index (χ0v) is 13.6. The second-order valence-corrected chi connectivity index (χ2v) is 5.70. The molecule has 9 nitrogen and oxygen atoms in total. The average molecular weight is 348 g/mol. The smallest absolute Gasteiger partial charge is 0.270 e. The van der Waals surface area contributed by atoms with Gasteiger partial charge in [-0.25, -0.2) is 9.98 Å². The Kier molecular flexibility index (Phi) is 6.12. The summed E-state index contributed by atoms with van der Waals surface area (Å²) in [7, 11) is 0. The Bertz CT molecular complexity index is 700. The number of hydrogen-bond acceptors (Lipinski definition) is 5. The molecular weight excluding hydrogens is 327 g/mol. The number of guanidine groups is 1. The summed E-state index contributed by atoms with van der Waals surface area (Å²) in [6.07, 6.45) is 4.89. The van der Waals surface area contributed by atoms with Crippen molar-refractivity contribution in [3.05, 3.63) is 24.3 Å². The Balaban J connectivity index is 2.23. The summed E-state index contributed by atoms with van der Waals surface area (Å²) in [5.41, 5.74) is 16.7. The molecule has 2 rings (SSSR count). The maximum Gasteiger partial charge on any atom is 0.270 e. The number of primary amides is 1. The van der Waals surface area contributed by atoms with E-state index in [0.717, 1.165) is 31.7 Å². The van der Waals surface area contributed by atoms with Gasteiger partial charge < -0.3 is 22.5 Å². The Morgan fingerprint density at radius 1 is 1.32 bits per heavy atom. The SMILES string of the molecule is N=C(C(N)=O)C(=NC(N)=N[C@@H]1CCCC[C@@H]1N)Nc1ccc(F)nc1. The molecule has 1 amide bonds. The fourth-order valence-corrected chi connectivity index (χ4v) is 2.46. The van der Waals surface area contributed by atoms with Crippen LogP contribution in [0.15, 0.2) is 28.3 Å². The van der Waals surface area contributed by atoms with Crippen molar-refractivity contribution in [2.75, 3.05) is 5.32 Å². The normalized spacial score (nSPS) is 21.7. The molecule has 8 N–H and O–H groups in total. The summed E-state index contributed by atoms with van der Waals surface area (Å²) >= 11 is 0. The second-order valence-electron chi connectivity index (χ2n) is 5.70. The van der Waals surface area contributed by atoms with Crippen molar-refractivity contribution < 1.29 is 9.18 Å². The Morgan fingerprint density at radius 2 is 2.04 bits per heavy atom. The molecule has 1 heterocycles. The molecule has 1 fully saturated rings. The van der Waals surface area contributed by atoms with Gasteiger partial charge in [0.2, 0.25) is 11.9 Å². The molecule has 0 aliphatic heterocycles. The van der Waals surface area contributed by atoms with Crippen LogP contribution in [0, 0.1) is 11.4 Å². The van der Waals surface area contributed by atoms with Gasteiger partial charge in [0, 0.05) is 6.04 Å². The van der Waals surface area contributed by atoms with Crippen molar-refractivity contribution in [2.24, 2.45) is 27.2 Å². The van der Waals surface area contributed by atoms with E-state index in [4.69, 9.17) is 22.6 Å². The molecule has 1 aliphatic rings. The fourth-order valence-electron chi connectivity index (χ4n) is 2.46. The third-order valence-electron chi connectivity index (χ3n) is 3.78. The van der Waals surface area contributed by atoms with Crippen LogP contribution in [0.25, 0.3) is 0 Å². The number of nitrogens with zero attached hydrogens (tertiary/aromatic N) is 3. The highest BCUT2D eigenvalue weighted by molar-refractivity contribution is 6.67. The van der Waals surface area contributed by atoms with E-state index in [1.807, 2.05) is 0 Å². The number of amidine groups is 1. The fraction of sp³-hybridized carbons (Fsp3) is 0.400. The number of anilines is 1. The van der Waals surface area contributed by atoms with Crippen LogP contribution in [0.4, 0.5) is 10.1 Å². The minimum absolute atomic E-state index is 0.101. The number of rotatable bonds is 4. The van der Waals surface area contributed by atoms with Crippen LogP contribution in [0.1, 0.15) is 25.7 Å². The first-order valence-electron chi connectivity index (χ1n) is 7.81. The number of pyridine rings is 1. The van der Waals surface area contributed by atoms with Gasteiger partial charge in [0.15, 0.2) is 11.5 Å². The van der Waals surface area contributed by atoms with Crippen LogP contribution < -0.4 is 22.5 Å². The molecule has 0 radical (unpaired) electrons. The van der Waals surface area contributed by atoms with Gasteiger partial charge in [-0.1, -0.05) is 12.8 Å². The molecule has 1 aliphatic carbocycles. The number of aliphatic imine (C=N–C) groups is 2. The number of carbonyl (C=O) groups is 1. The van der Waals surface area contributed by atoms with Crippen LogP contribution >= 0.6 is 0 Å². The summed E-state index contributed by atoms with van der Waals surface area (Å²) in [6.45, 7) is 0. The van der Waals surface area contributed by atoms with E-state index < -0.39 is 17.6 Å². The Labute approximate surface area is 144 Å². The van der Waals surface area contributed by atoms with Crippen LogP contribution in [0.5, 0.6) is 0 Å². The third-order valence-corrected chi connectivity index (χ3v) is 3.78. The van der Waals surface area contributed by atoms with Crippen LogP contribution in [0.2, 0.25) is 0 Å². The molecule has 1 aromatic heterocycles. The quantitative estimate of drug-likeness (QED) is 0.295. The van der Waals surface area contributed by atoms with Crippen LogP contribution in [-0.2, 0) is 4.79 Å². The predicted molar refractivity (Wildman–Crippen MR) is 94.0 cm³/mol. The molecule has 0 aromatic carbocycles. The summed E-state index contributed by atoms with van der Waals surface area (Å²) in [5, 5.41) is 10.4.